The Bertz CT molecular complexity index is 622. The van der Waals surface area contributed by atoms with Crippen molar-refractivity contribution in [3.8, 4) is 11.5 Å². The maximum atomic E-state index is 5.52. The van der Waals surface area contributed by atoms with Crippen LogP contribution in [0.1, 0.15) is 49.1 Å². The number of likely N-dealkylation sites (N-methyl/N-ethyl adjacent to an activating group) is 1. The van der Waals surface area contributed by atoms with E-state index in [0.717, 1.165) is 35.7 Å². The highest BCUT2D eigenvalue weighted by atomic mass is 16.5. The number of nitrogens with zero attached hydrogens (tertiary/aromatic N) is 3. The van der Waals surface area contributed by atoms with Crippen molar-refractivity contribution in [1.29, 1.82) is 0 Å². The van der Waals surface area contributed by atoms with E-state index in [0.29, 0.717) is 17.8 Å². The maximum absolute atomic E-state index is 5.52. The van der Waals surface area contributed by atoms with E-state index in [2.05, 4.69) is 33.4 Å². The van der Waals surface area contributed by atoms with Gasteiger partial charge < -0.3 is 9.84 Å². The van der Waals surface area contributed by atoms with Crippen LogP contribution >= 0.6 is 0 Å². The molecule has 2 aromatic heterocycles. The van der Waals surface area contributed by atoms with Gasteiger partial charge in [0.05, 0.1) is 5.92 Å². The molecule has 2 heterocycles. The van der Waals surface area contributed by atoms with Gasteiger partial charge in [0, 0.05) is 12.2 Å². The van der Waals surface area contributed by atoms with Gasteiger partial charge in [-0.15, -0.1) is 0 Å². The molecule has 2 unspecified atom stereocenters. The van der Waals surface area contributed by atoms with Crippen molar-refractivity contribution in [3.63, 3.8) is 0 Å². The predicted octanol–water partition coefficient (Wildman–Crippen LogP) is 2.99. The molecule has 3 rings (SSSR count). The molecule has 0 spiro atoms. The lowest BCUT2D eigenvalue weighted by molar-refractivity contribution is 0.332. The van der Waals surface area contributed by atoms with E-state index in [9.17, 15) is 0 Å². The summed E-state index contributed by atoms with van der Waals surface area (Å²) in [6, 6.07) is 2.55. The normalized spacial score (nSPS) is 21.9. The molecule has 0 radical (unpaired) electrons. The van der Waals surface area contributed by atoms with Crippen molar-refractivity contribution in [1.82, 2.24) is 20.4 Å². The number of hydrogen-bond donors (Lipinski definition) is 1. The topological polar surface area (TPSA) is 63.8 Å². The molecule has 0 amide bonds. The minimum atomic E-state index is 0.331. The monoisotopic (exact) mass is 286 g/mol. The largest absolute Gasteiger partial charge is 0.339 e. The van der Waals surface area contributed by atoms with Crippen LogP contribution in [0, 0.1) is 13.8 Å². The Morgan fingerprint density at radius 3 is 2.95 bits per heavy atom. The molecule has 1 saturated carbocycles. The Balaban J connectivity index is 1.86. The van der Waals surface area contributed by atoms with Crippen molar-refractivity contribution in [3.05, 3.63) is 29.3 Å². The van der Waals surface area contributed by atoms with Crippen LogP contribution in [0.5, 0.6) is 0 Å². The first-order valence-electron chi connectivity index (χ1n) is 7.69. The lowest BCUT2D eigenvalue weighted by Gasteiger charge is -2.16. The van der Waals surface area contributed by atoms with Gasteiger partial charge in [0.1, 0.15) is 5.69 Å². The van der Waals surface area contributed by atoms with Gasteiger partial charge in [0.2, 0.25) is 11.7 Å². The Hall–Kier alpha value is -1.75. The third kappa shape index (κ3) is 2.83. The van der Waals surface area contributed by atoms with Gasteiger partial charge in [-0.25, -0.2) is 0 Å². The Morgan fingerprint density at radius 1 is 1.33 bits per heavy atom. The highest BCUT2D eigenvalue weighted by Crippen LogP contribution is 2.34. The summed E-state index contributed by atoms with van der Waals surface area (Å²) in [5.74, 6) is 1.68. The van der Waals surface area contributed by atoms with Crippen LogP contribution in [0.4, 0.5) is 0 Å². The van der Waals surface area contributed by atoms with E-state index in [-0.39, 0.29) is 0 Å². The molecule has 5 nitrogen and oxygen atoms in total. The molecule has 0 aromatic carbocycles. The molecule has 1 aliphatic rings. The van der Waals surface area contributed by atoms with Crippen LogP contribution in [-0.2, 0) is 0 Å². The van der Waals surface area contributed by atoms with E-state index in [1.165, 1.54) is 12.8 Å². The van der Waals surface area contributed by atoms with Gasteiger partial charge in [-0.1, -0.05) is 24.6 Å². The first-order valence-corrected chi connectivity index (χ1v) is 7.69. The lowest BCUT2D eigenvalue weighted by atomic mass is 10.0. The molecule has 1 N–H and O–H groups in total. The van der Waals surface area contributed by atoms with Gasteiger partial charge in [0.15, 0.2) is 0 Å². The number of rotatable bonds is 4. The molecule has 1 fully saturated rings. The van der Waals surface area contributed by atoms with E-state index in [1.807, 2.05) is 20.0 Å². The second-order valence-corrected chi connectivity index (χ2v) is 5.84. The number of aromatic nitrogens is 3. The quantitative estimate of drug-likeness (QED) is 0.936. The summed E-state index contributed by atoms with van der Waals surface area (Å²) < 4.78 is 5.52. The summed E-state index contributed by atoms with van der Waals surface area (Å²) in [6.45, 7) is 7.17. The average Bonchev–Trinajstić information content (AvgIpc) is 3.07. The summed E-state index contributed by atoms with van der Waals surface area (Å²) in [4.78, 5) is 9.05. The van der Waals surface area contributed by atoms with Crippen LogP contribution in [0.25, 0.3) is 11.5 Å². The minimum Gasteiger partial charge on any atom is -0.339 e. The van der Waals surface area contributed by atoms with Gasteiger partial charge in [-0.2, -0.15) is 4.98 Å². The zero-order valence-corrected chi connectivity index (χ0v) is 12.9. The van der Waals surface area contributed by atoms with Crippen molar-refractivity contribution < 1.29 is 4.52 Å². The van der Waals surface area contributed by atoms with E-state index in [1.54, 1.807) is 0 Å². The summed E-state index contributed by atoms with van der Waals surface area (Å²) in [6.07, 6.45) is 5.34. The summed E-state index contributed by atoms with van der Waals surface area (Å²) >= 11 is 0. The zero-order chi connectivity index (χ0) is 14.8. The number of aryl methyl sites for hydroxylation is 2. The molecule has 1 aliphatic carbocycles. The zero-order valence-electron chi connectivity index (χ0n) is 12.9. The fourth-order valence-electron chi connectivity index (χ4n) is 3.19. The fraction of sp³-hybridized carbons (Fsp3) is 0.562. The molecule has 0 saturated heterocycles. The molecule has 2 atom stereocenters. The van der Waals surface area contributed by atoms with Crippen molar-refractivity contribution in [2.45, 2.75) is 52.0 Å². The highest BCUT2D eigenvalue weighted by molar-refractivity contribution is 5.54. The summed E-state index contributed by atoms with van der Waals surface area (Å²) in [5.41, 5.74) is 3.04. The summed E-state index contributed by atoms with van der Waals surface area (Å²) in [7, 11) is 0. The first kappa shape index (κ1) is 14.2. The second kappa shape index (κ2) is 5.93. The predicted molar refractivity (Wildman–Crippen MR) is 81.1 cm³/mol. The molecule has 0 bridgehead atoms. The third-order valence-corrected chi connectivity index (χ3v) is 4.17. The molecule has 21 heavy (non-hydrogen) atoms. The van der Waals surface area contributed by atoms with Crippen LogP contribution in [0.3, 0.4) is 0 Å². The van der Waals surface area contributed by atoms with Gasteiger partial charge in [0.25, 0.3) is 0 Å². The van der Waals surface area contributed by atoms with Crippen molar-refractivity contribution in [2.24, 2.45) is 0 Å². The number of pyridine rings is 1. The van der Waals surface area contributed by atoms with E-state index < -0.39 is 0 Å². The standard InChI is InChI=1S/C16H22N4O/c1-4-17-13-7-5-6-12(13)16-19-15(20-21-16)14-11(3)8-10(2)9-18-14/h8-9,12-13,17H,4-7H2,1-3H3. The summed E-state index contributed by atoms with van der Waals surface area (Å²) in [5, 5.41) is 7.66. The van der Waals surface area contributed by atoms with Crippen molar-refractivity contribution >= 4 is 0 Å². The van der Waals surface area contributed by atoms with Gasteiger partial charge in [-0.3, -0.25) is 4.98 Å². The average molecular weight is 286 g/mol. The van der Waals surface area contributed by atoms with E-state index in [4.69, 9.17) is 4.52 Å². The smallest absolute Gasteiger partial charge is 0.231 e. The third-order valence-electron chi connectivity index (χ3n) is 4.17. The fourth-order valence-corrected chi connectivity index (χ4v) is 3.19. The first-order chi connectivity index (χ1) is 10.2. The Labute approximate surface area is 125 Å². The molecule has 0 aliphatic heterocycles. The Morgan fingerprint density at radius 2 is 2.19 bits per heavy atom. The van der Waals surface area contributed by atoms with Gasteiger partial charge >= 0.3 is 0 Å². The van der Waals surface area contributed by atoms with Gasteiger partial charge in [-0.05, 0) is 44.4 Å². The number of hydrogen-bond acceptors (Lipinski definition) is 5. The lowest BCUT2D eigenvalue weighted by Crippen LogP contribution is -2.31. The maximum Gasteiger partial charge on any atom is 0.231 e. The van der Waals surface area contributed by atoms with E-state index >= 15 is 0 Å². The van der Waals surface area contributed by atoms with Crippen LogP contribution in [0.15, 0.2) is 16.8 Å². The van der Waals surface area contributed by atoms with Crippen LogP contribution < -0.4 is 5.32 Å². The van der Waals surface area contributed by atoms with Crippen LogP contribution in [0.2, 0.25) is 0 Å². The highest BCUT2D eigenvalue weighted by Gasteiger charge is 2.32. The van der Waals surface area contributed by atoms with Crippen LogP contribution in [-0.4, -0.2) is 27.7 Å². The SMILES string of the molecule is CCNC1CCCC1c1nc(-c2ncc(C)cc2C)no1. The minimum absolute atomic E-state index is 0.331. The second-order valence-electron chi connectivity index (χ2n) is 5.84. The molecule has 112 valence electrons. The molecular weight excluding hydrogens is 264 g/mol. The van der Waals surface area contributed by atoms with Crippen molar-refractivity contribution in [2.75, 3.05) is 6.54 Å². The molecule has 2 aromatic rings. The number of nitrogens with one attached hydrogen (secondary N) is 1. The Kier molecular flexibility index (Phi) is 4.01. The molecule has 5 heteroatoms. The molecular formula is C16H22N4O.